The van der Waals surface area contributed by atoms with E-state index in [1.165, 1.54) is 10.6 Å². The molecule has 0 aliphatic heterocycles. The first-order valence-electron chi connectivity index (χ1n) is 11.2. The van der Waals surface area contributed by atoms with E-state index in [2.05, 4.69) is 23.9 Å². The van der Waals surface area contributed by atoms with E-state index in [4.69, 9.17) is 4.74 Å². The summed E-state index contributed by atoms with van der Waals surface area (Å²) >= 11 is 0. The molecule has 0 amide bonds. The Labute approximate surface area is 226 Å². The zero-order valence-electron chi connectivity index (χ0n) is 21.4. The predicted octanol–water partition coefficient (Wildman–Crippen LogP) is 6.22. The fourth-order valence-corrected chi connectivity index (χ4v) is 2.07. The van der Waals surface area contributed by atoms with E-state index >= 15 is 0 Å². The van der Waals surface area contributed by atoms with Crippen LogP contribution < -0.4 is 15.2 Å². The molecular formula is C26H40N4O2Y-2. The molecule has 0 aliphatic rings. The quantitative estimate of drug-likeness (QED) is 0.367. The van der Waals surface area contributed by atoms with E-state index in [0.29, 0.717) is 30.4 Å². The van der Waals surface area contributed by atoms with Crippen LogP contribution in [0.5, 0.6) is 5.75 Å². The molecule has 0 N–H and O–H groups in total. The molecule has 0 bridgehead atoms. The van der Waals surface area contributed by atoms with E-state index in [9.17, 15) is 4.79 Å². The molecule has 7 heteroatoms. The first-order valence-corrected chi connectivity index (χ1v) is 11.2. The number of anilines is 1. The zero-order chi connectivity index (χ0) is 24.8. The molecule has 0 fully saturated rings. The van der Waals surface area contributed by atoms with Crippen LogP contribution in [0.1, 0.15) is 48.5 Å². The van der Waals surface area contributed by atoms with Gasteiger partial charge in [-0.25, -0.2) is 4.98 Å². The maximum atomic E-state index is 12.0. The predicted molar refractivity (Wildman–Crippen MR) is 137 cm³/mol. The number of hydrogen-bond donors (Lipinski definition) is 0. The van der Waals surface area contributed by atoms with Gasteiger partial charge >= 0.3 is 0 Å². The van der Waals surface area contributed by atoms with Crippen LogP contribution in [0, 0.1) is 14.0 Å². The van der Waals surface area contributed by atoms with Crippen molar-refractivity contribution < 1.29 is 37.4 Å². The van der Waals surface area contributed by atoms with Crippen LogP contribution in [0.25, 0.3) is 5.69 Å². The molecular weight excluding hydrogens is 489 g/mol. The van der Waals surface area contributed by atoms with Gasteiger partial charge in [-0.15, -0.1) is 6.54 Å². The second kappa shape index (κ2) is 24.6. The van der Waals surface area contributed by atoms with Gasteiger partial charge in [0, 0.05) is 57.4 Å². The summed E-state index contributed by atoms with van der Waals surface area (Å²) in [6.07, 6.45) is 6.80. The average molecular weight is 530 g/mol. The van der Waals surface area contributed by atoms with Crippen molar-refractivity contribution in [2.75, 3.05) is 18.1 Å². The van der Waals surface area contributed by atoms with Crippen molar-refractivity contribution in [1.82, 2.24) is 14.5 Å². The van der Waals surface area contributed by atoms with Crippen LogP contribution in [0.3, 0.4) is 0 Å². The molecule has 6 nitrogen and oxygen atoms in total. The summed E-state index contributed by atoms with van der Waals surface area (Å²) in [6, 6.07) is 12.5. The van der Waals surface area contributed by atoms with E-state index in [1.807, 2.05) is 72.7 Å². The van der Waals surface area contributed by atoms with Crippen LogP contribution in [0.4, 0.5) is 5.82 Å². The van der Waals surface area contributed by atoms with Crippen LogP contribution in [-0.4, -0.2) is 27.7 Å². The molecule has 1 radical (unpaired) electrons. The van der Waals surface area contributed by atoms with Crippen molar-refractivity contribution in [3.63, 3.8) is 0 Å². The number of pyridine rings is 3. The second-order valence-corrected chi connectivity index (χ2v) is 5.17. The van der Waals surface area contributed by atoms with Crippen LogP contribution in [0.15, 0.2) is 72.0 Å². The Morgan fingerprint density at radius 2 is 1.61 bits per heavy atom. The topological polar surface area (TPSA) is 60.2 Å². The molecule has 3 aromatic heterocycles. The molecule has 3 rings (SSSR count). The fraction of sp³-hybridized carbons (Fsp3) is 0.346. The molecule has 3 heterocycles. The van der Waals surface area contributed by atoms with Gasteiger partial charge in [0.2, 0.25) is 0 Å². The summed E-state index contributed by atoms with van der Waals surface area (Å²) in [5.41, 5.74) is 0.536. The van der Waals surface area contributed by atoms with Gasteiger partial charge in [-0.1, -0.05) is 47.6 Å². The minimum atomic E-state index is -0.158. The molecule has 33 heavy (non-hydrogen) atoms. The van der Waals surface area contributed by atoms with Crippen molar-refractivity contribution in [3.05, 3.63) is 91.6 Å². The van der Waals surface area contributed by atoms with Crippen molar-refractivity contribution in [1.29, 1.82) is 0 Å². The summed E-state index contributed by atoms with van der Waals surface area (Å²) in [4.78, 5) is 21.7. The molecule has 0 saturated heterocycles. The van der Waals surface area contributed by atoms with Crippen LogP contribution >= 0.6 is 0 Å². The third kappa shape index (κ3) is 14.7. The van der Waals surface area contributed by atoms with E-state index in [0.717, 1.165) is 0 Å². The molecule has 0 aliphatic carbocycles. The Morgan fingerprint density at radius 3 is 1.97 bits per heavy atom. The van der Waals surface area contributed by atoms with Gasteiger partial charge in [0.1, 0.15) is 5.75 Å². The van der Waals surface area contributed by atoms with Crippen LogP contribution in [-0.2, 0) is 32.7 Å². The summed E-state index contributed by atoms with van der Waals surface area (Å²) < 4.78 is 6.80. The molecule has 3 aromatic rings. The summed E-state index contributed by atoms with van der Waals surface area (Å²) in [7, 11) is 3.80. The Hall–Kier alpha value is -2.05. The largest absolute Gasteiger partial charge is 0.535 e. The van der Waals surface area contributed by atoms with Gasteiger partial charge in [0.05, 0.1) is 24.3 Å². The first kappa shape index (κ1) is 35.5. The summed E-state index contributed by atoms with van der Waals surface area (Å²) in [5.74, 6) is 1.28. The van der Waals surface area contributed by atoms with Gasteiger partial charge < -0.3 is 16.6 Å². The first-order chi connectivity index (χ1) is 15.7. The third-order valence-corrected chi connectivity index (χ3v) is 3.37. The van der Waals surface area contributed by atoms with Crippen LogP contribution in [0.2, 0.25) is 0 Å². The Kier molecular flexibility index (Phi) is 26.5. The van der Waals surface area contributed by atoms with Crippen molar-refractivity contribution in [2.24, 2.45) is 0 Å². The minimum absolute atomic E-state index is 0. The van der Waals surface area contributed by atoms with Gasteiger partial charge in [-0.2, -0.15) is 0 Å². The van der Waals surface area contributed by atoms with Crippen molar-refractivity contribution in [3.8, 4) is 11.4 Å². The van der Waals surface area contributed by atoms with E-state index in [-0.39, 0.29) is 38.3 Å². The molecule has 0 unspecified atom stereocenters. The average Bonchev–Trinajstić information content (AvgIpc) is 2.89. The SMILES string of the molecule is CC.CC.CC.[CH2-]CN([CH2-])c1ccc(-n2ccc(OCC)cc2=O)cn1.[Y].c1ccncc1. The van der Waals surface area contributed by atoms with Crippen molar-refractivity contribution in [2.45, 2.75) is 48.5 Å². The maximum Gasteiger partial charge on any atom is 0.258 e. The van der Waals surface area contributed by atoms with Gasteiger partial charge in [0.15, 0.2) is 0 Å². The van der Waals surface area contributed by atoms with Gasteiger partial charge in [0.25, 0.3) is 5.56 Å². The standard InChI is InChI=1S/C15H17N3O2.C5H5N.3C2H6.Y/c1-4-17(3)14-7-6-12(11-16-14)18-9-8-13(20-5-2)10-15(18)19;1-2-4-6-5-3-1;3*1-2;/h6-11H,1,3-5H2,2H3;1-5H;3*1-2H3;/q-2;;;;;. The van der Waals surface area contributed by atoms with Gasteiger partial charge in [-0.05, 0) is 37.3 Å². The summed E-state index contributed by atoms with van der Waals surface area (Å²) in [5, 5.41) is 0. The minimum Gasteiger partial charge on any atom is -0.535 e. The third-order valence-electron chi connectivity index (χ3n) is 3.37. The molecule has 181 valence electrons. The number of nitrogens with zero attached hydrogens (tertiary/aromatic N) is 4. The van der Waals surface area contributed by atoms with E-state index in [1.54, 1.807) is 41.8 Å². The normalized spacial score (nSPS) is 8.27. The maximum absolute atomic E-state index is 12.0. The molecule has 0 spiro atoms. The molecule has 0 saturated carbocycles. The molecule has 0 aromatic carbocycles. The fourth-order valence-electron chi connectivity index (χ4n) is 2.07. The number of aromatic nitrogens is 3. The molecule has 0 atom stereocenters. The summed E-state index contributed by atoms with van der Waals surface area (Å²) in [6.45, 7) is 18.7. The smallest absolute Gasteiger partial charge is 0.258 e. The van der Waals surface area contributed by atoms with Crippen molar-refractivity contribution >= 4 is 5.82 Å². The number of rotatable bonds is 5. The second-order valence-electron chi connectivity index (χ2n) is 5.17. The monoisotopic (exact) mass is 529 g/mol. The number of ether oxygens (including phenoxy) is 1. The Balaban J connectivity index is -0.000000580. The zero-order valence-corrected chi connectivity index (χ0v) is 24.2. The Morgan fingerprint density at radius 1 is 1.00 bits per heavy atom. The Bertz CT molecular complexity index is 814. The number of hydrogen-bond acceptors (Lipinski definition) is 5. The van der Waals surface area contributed by atoms with Gasteiger partial charge in [-0.3, -0.25) is 21.4 Å². The van der Waals surface area contributed by atoms with E-state index < -0.39 is 0 Å².